The van der Waals surface area contributed by atoms with E-state index in [-0.39, 0.29) is 17.7 Å². The van der Waals surface area contributed by atoms with Crippen LogP contribution in [0.25, 0.3) is 10.9 Å². The molecule has 0 unspecified atom stereocenters. The summed E-state index contributed by atoms with van der Waals surface area (Å²) in [5, 5.41) is 0.619. The van der Waals surface area contributed by atoms with Crippen LogP contribution in [0.4, 0.5) is 13.2 Å². The number of hydrogen-bond donors (Lipinski definition) is 0. The third-order valence-corrected chi connectivity index (χ3v) is 5.12. The Bertz CT molecular complexity index is 1150. The molecule has 0 N–H and O–H groups in total. The molecular formula is C23H24F3N3O2. The van der Waals surface area contributed by atoms with Gasteiger partial charge in [-0.2, -0.15) is 13.2 Å². The third-order valence-electron chi connectivity index (χ3n) is 5.12. The molecule has 0 aliphatic heterocycles. The monoisotopic (exact) mass is 431 g/mol. The second kappa shape index (κ2) is 8.93. The summed E-state index contributed by atoms with van der Waals surface area (Å²) in [5.41, 5.74) is 0.141. The highest BCUT2D eigenvalue weighted by atomic mass is 19.4. The van der Waals surface area contributed by atoms with Gasteiger partial charge in [0, 0.05) is 38.1 Å². The van der Waals surface area contributed by atoms with E-state index in [1.54, 1.807) is 37.4 Å². The standard InChI is InChI=1S/C23H24F3N3O2/c1-27(2)11-12-29(15-16-7-6-8-17(13-16)23(24,25)26)22(31)19-14-21(30)28(3)20-10-5-4-9-18(19)20/h4-10,13-14H,11-12,15H2,1-3H3. The van der Waals surface area contributed by atoms with E-state index >= 15 is 0 Å². The fourth-order valence-electron chi connectivity index (χ4n) is 3.40. The zero-order valence-electron chi connectivity index (χ0n) is 17.6. The molecule has 1 heterocycles. The van der Waals surface area contributed by atoms with Gasteiger partial charge in [0.25, 0.3) is 11.5 Å². The summed E-state index contributed by atoms with van der Waals surface area (Å²) in [5.74, 6) is -0.395. The van der Waals surface area contributed by atoms with Crippen molar-refractivity contribution in [3.8, 4) is 0 Å². The van der Waals surface area contributed by atoms with Crippen LogP contribution < -0.4 is 5.56 Å². The van der Waals surface area contributed by atoms with E-state index in [2.05, 4.69) is 0 Å². The van der Waals surface area contributed by atoms with Crippen molar-refractivity contribution in [3.05, 3.63) is 81.6 Å². The van der Waals surface area contributed by atoms with Crippen LogP contribution in [0.5, 0.6) is 0 Å². The van der Waals surface area contributed by atoms with Crippen LogP contribution in [0.2, 0.25) is 0 Å². The van der Waals surface area contributed by atoms with Crippen molar-refractivity contribution in [3.63, 3.8) is 0 Å². The van der Waals surface area contributed by atoms with E-state index in [9.17, 15) is 22.8 Å². The Morgan fingerprint density at radius 2 is 1.71 bits per heavy atom. The number of likely N-dealkylation sites (N-methyl/N-ethyl adjacent to an activating group) is 1. The minimum absolute atomic E-state index is 0.000129. The highest BCUT2D eigenvalue weighted by molar-refractivity contribution is 6.06. The summed E-state index contributed by atoms with van der Waals surface area (Å²) in [7, 11) is 5.33. The molecule has 5 nitrogen and oxygen atoms in total. The third kappa shape index (κ3) is 5.14. The quantitative estimate of drug-likeness (QED) is 0.597. The first-order valence-corrected chi connectivity index (χ1v) is 9.77. The Morgan fingerprint density at radius 1 is 1.00 bits per heavy atom. The van der Waals surface area contributed by atoms with Crippen molar-refractivity contribution in [2.45, 2.75) is 12.7 Å². The first-order valence-electron chi connectivity index (χ1n) is 9.77. The highest BCUT2D eigenvalue weighted by Gasteiger charge is 2.30. The van der Waals surface area contributed by atoms with Crippen LogP contribution in [0.1, 0.15) is 21.5 Å². The smallest absolute Gasteiger partial charge is 0.333 e. The molecule has 0 atom stereocenters. The minimum Gasteiger partial charge on any atom is -0.333 e. The lowest BCUT2D eigenvalue weighted by molar-refractivity contribution is -0.137. The molecule has 0 saturated carbocycles. The summed E-state index contributed by atoms with van der Waals surface area (Å²) < 4.78 is 40.8. The molecule has 0 aliphatic carbocycles. The molecule has 8 heteroatoms. The van der Waals surface area contributed by atoms with Crippen LogP contribution >= 0.6 is 0 Å². The van der Waals surface area contributed by atoms with Gasteiger partial charge in [0.15, 0.2) is 0 Å². The van der Waals surface area contributed by atoms with Gasteiger partial charge in [-0.25, -0.2) is 0 Å². The number of rotatable bonds is 6. The Hall–Kier alpha value is -3.13. The Balaban J connectivity index is 2.02. The predicted octanol–water partition coefficient (Wildman–Crippen LogP) is 3.76. The van der Waals surface area contributed by atoms with E-state index < -0.39 is 17.6 Å². The molecule has 0 radical (unpaired) electrons. The van der Waals surface area contributed by atoms with Crippen molar-refractivity contribution < 1.29 is 18.0 Å². The van der Waals surface area contributed by atoms with E-state index in [1.165, 1.54) is 21.6 Å². The van der Waals surface area contributed by atoms with Crippen LogP contribution in [0.15, 0.2) is 59.4 Å². The lowest BCUT2D eigenvalue weighted by atomic mass is 10.1. The summed E-state index contributed by atoms with van der Waals surface area (Å²) in [6.45, 7) is 0.819. The molecular weight excluding hydrogens is 407 g/mol. The van der Waals surface area contributed by atoms with E-state index in [1.807, 2.05) is 19.0 Å². The summed E-state index contributed by atoms with van der Waals surface area (Å²) in [4.78, 5) is 29.2. The number of fused-ring (bicyclic) bond motifs is 1. The first-order chi connectivity index (χ1) is 14.6. The number of benzene rings is 2. The van der Waals surface area contributed by atoms with Crippen molar-refractivity contribution >= 4 is 16.8 Å². The van der Waals surface area contributed by atoms with Crippen LogP contribution in [-0.4, -0.2) is 47.5 Å². The maximum Gasteiger partial charge on any atom is 0.416 e. The molecule has 1 aromatic heterocycles. The van der Waals surface area contributed by atoms with Crippen LogP contribution in [0.3, 0.4) is 0 Å². The number of carbonyl (C=O) groups excluding carboxylic acids is 1. The van der Waals surface area contributed by atoms with Crippen LogP contribution in [-0.2, 0) is 19.8 Å². The number of aromatic nitrogens is 1. The number of aryl methyl sites for hydroxylation is 1. The Kier molecular flexibility index (Phi) is 6.50. The first kappa shape index (κ1) is 22.6. The maximum absolute atomic E-state index is 13.5. The molecule has 31 heavy (non-hydrogen) atoms. The second-order valence-corrected chi connectivity index (χ2v) is 7.70. The summed E-state index contributed by atoms with van der Waals surface area (Å²) in [6, 6.07) is 13.3. The maximum atomic E-state index is 13.5. The molecule has 2 aromatic carbocycles. The fourth-order valence-corrected chi connectivity index (χ4v) is 3.40. The zero-order valence-corrected chi connectivity index (χ0v) is 17.6. The van der Waals surface area contributed by atoms with Gasteiger partial charge in [-0.15, -0.1) is 0 Å². The van der Waals surface area contributed by atoms with Crippen molar-refractivity contribution in [2.75, 3.05) is 27.2 Å². The normalized spacial score (nSPS) is 11.8. The SMILES string of the molecule is CN(C)CCN(Cc1cccc(C(F)(F)F)c1)C(=O)c1cc(=O)n(C)c2ccccc12. The lowest BCUT2D eigenvalue weighted by Crippen LogP contribution is -2.37. The number of pyridine rings is 1. The van der Waals surface area contributed by atoms with E-state index in [0.717, 1.165) is 12.1 Å². The van der Waals surface area contributed by atoms with Crippen molar-refractivity contribution in [1.29, 1.82) is 0 Å². The van der Waals surface area contributed by atoms with Gasteiger partial charge < -0.3 is 14.4 Å². The molecule has 3 aromatic rings. The number of nitrogens with zero attached hydrogens (tertiary/aromatic N) is 3. The molecule has 0 fully saturated rings. The number of hydrogen-bond acceptors (Lipinski definition) is 3. The van der Waals surface area contributed by atoms with Gasteiger partial charge in [-0.1, -0.05) is 30.3 Å². The average Bonchev–Trinajstić information content (AvgIpc) is 2.72. The van der Waals surface area contributed by atoms with Gasteiger partial charge in [0.05, 0.1) is 16.6 Å². The lowest BCUT2D eigenvalue weighted by Gasteiger charge is -2.25. The minimum atomic E-state index is -4.46. The summed E-state index contributed by atoms with van der Waals surface area (Å²) >= 11 is 0. The number of amides is 1. The summed E-state index contributed by atoms with van der Waals surface area (Å²) in [6.07, 6.45) is -4.46. The molecule has 0 bridgehead atoms. The molecule has 0 aliphatic rings. The van der Waals surface area contributed by atoms with Crippen molar-refractivity contribution in [1.82, 2.24) is 14.4 Å². The van der Waals surface area contributed by atoms with Gasteiger partial charge in [-0.3, -0.25) is 9.59 Å². The Labute approximate surface area is 178 Å². The van der Waals surface area contributed by atoms with E-state index in [0.29, 0.717) is 29.6 Å². The second-order valence-electron chi connectivity index (χ2n) is 7.70. The fraction of sp³-hybridized carbons (Fsp3) is 0.304. The molecule has 1 amide bonds. The van der Waals surface area contributed by atoms with Gasteiger partial charge in [-0.05, 0) is 37.9 Å². The van der Waals surface area contributed by atoms with Gasteiger partial charge >= 0.3 is 6.18 Å². The van der Waals surface area contributed by atoms with Crippen LogP contribution in [0, 0.1) is 0 Å². The Morgan fingerprint density at radius 3 is 2.39 bits per heavy atom. The number of carbonyl (C=O) groups is 1. The topological polar surface area (TPSA) is 45.6 Å². The molecule has 164 valence electrons. The zero-order chi connectivity index (χ0) is 22.8. The molecule has 0 saturated heterocycles. The molecule has 3 rings (SSSR count). The predicted molar refractivity (Wildman–Crippen MR) is 114 cm³/mol. The van der Waals surface area contributed by atoms with Gasteiger partial charge in [0.1, 0.15) is 0 Å². The largest absolute Gasteiger partial charge is 0.416 e. The van der Waals surface area contributed by atoms with E-state index in [4.69, 9.17) is 0 Å². The highest BCUT2D eigenvalue weighted by Crippen LogP contribution is 2.30. The number of alkyl halides is 3. The number of halogens is 3. The average molecular weight is 431 g/mol. The number of para-hydroxylation sites is 1. The molecule has 0 spiro atoms. The van der Waals surface area contributed by atoms with Gasteiger partial charge in [0.2, 0.25) is 0 Å². The van der Waals surface area contributed by atoms with Crippen molar-refractivity contribution in [2.24, 2.45) is 7.05 Å².